The number of alkyl halides is 3. The van der Waals surface area contributed by atoms with Crippen LogP contribution in [0.2, 0.25) is 0 Å². The molecule has 0 aromatic heterocycles. The van der Waals surface area contributed by atoms with Crippen LogP contribution in [-0.4, -0.2) is 31.1 Å². The fraction of sp³-hybridized carbons (Fsp3) is 0.724. The maximum Gasteiger partial charge on any atom is 0.417 e. The second kappa shape index (κ2) is 8.59. The zero-order valence-corrected chi connectivity index (χ0v) is 22.3. The van der Waals surface area contributed by atoms with Crippen molar-refractivity contribution in [2.75, 3.05) is 5.75 Å². The molecular weight excluding hydrogens is 485 g/mol. The molecule has 1 unspecified atom stereocenters. The van der Waals surface area contributed by atoms with E-state index in [0.29, 0.717) is 35.0 Å². The van der Waals surface area contributed by atoms with Gasteiger partial charge in [0.25, 0.3) is 0 Å². The molecule has 5 rings (SSSR count). The highest BCUT2D eigenvalue weighted by Crippen LogP contribution is 2.68. The van der Waals surface area contributed by atoms with Crippen molar-refractivity contribution in [3.63, 3.8) is 0 Å². The molecule has 0 spiro atoms. The van der Waals surface area contributed by atoms with Crippen LogP contribution in [-0.2, 0) is 9.84 Å². The van der Waals surface area contributed by atoms with Gasteiger partial charge in [0.1, 0.15) is 0 Å². The first kappa shape index (κ1) is 26.3. The summed E-state index contributed by atoms with van der Waals surface area (Å²) < 4.78 is 67.0. The predicted octanol–water partition coefficient (Wildman–Crippen LogP) is 6.97. The van der Waals surface area contributed by atoms with Gasteiger partial charge in [0.15, 0.2) is 15.4 Å². The minimum absolute atomic E-state index is 0.0449. The molecular formula is C29H39F3O3S. The second-order valence-corrected chi connectivity index (χ2v) is 14.8. The number of allylic oxidation sites excluding steroid dienone is 1. The number of aliphatic hydroxyl groups is 1. The normalized spacial score (nSPS) is 41.6. The lowest BCUT2D eigenvalue weighted by atomic mass is 9.46. The Morgan fingerprint density at radius 3 is 2.39 bits per heavy atom. The van der Waals surface area contributed by atoms with Crippen molar-refractivity contribution in [3.8, 4) is 0 Å². The SMILES string of the molecule is C[C@H](CS(=O)(=O)c1ccccc1)[C@H]1CC[C@H]2C3CC=C4C[C@](O)(C(F)(F)F)CC[C@]4(C)[C@H]3CC[C@]12C. The summed E-state index contributed by atoms with van der Waals surface area (Å²) in [7, 11) is -3.36. The molecule has 8 atom stereocenters. The van der Waals surface area contributed by atoms with Crippen LogP contribution in [0, 0.1) is 40.4 Å². The van der Waals surface area contributed by atoms with Gasteiger partial charge in [0, 0.05) is 6.42 Å². The van der Waals surface area contributed by atoms with E-state index >= 15 is 0 Å². The van der Waals surface area contributed by atoms with Crippen molar-refractivity contribution in [1.29, 1.82) is 0 Å². The zero-order valence-electron chi connectivity index (χ0n) is 21.5. The van der Waals surface area contributed by atoms with E-state index in [1.165, 1.54) is 0 Å². The average molecular weight is 525 g/mol. The Labute approximate surface area is 213 Å². The van der Waals surface area contributed by atoms with E-state index in [9.17, 15) is 26.7 Å². The van der Waals surface area contributed by atoms with Gasteiger partial charge in [-0.25, -0.2) is 8.42 Å². The Bertz CT molecular complexity index is 1130. The standard InChI is InChI=1S/C29H39F3O3S/c1-19(18-36(34,35)21-7-5-4-6-8-21)23-11-12-24-22-10-9-20-17-28(33,29(30,31)32)16-15-26(20,2)25(22)13-14-27(23,24)3/h4-9,19,22-25,33H,10-18H2,1-3H3/t19-,22?,23-,24+,25+,26+,27-,28+/m1/s1. The van der Waals surface area contributed by atoms with E-state index in [1.807, 2.05) is 12.1 Å². The van der Waals surface area contributed by atoms with E-state index < -0.39 is 21.6 Å². The predicted molar refractivity (Wildman–Crippen MR) is 134 cm³/mol. The van der Waals surface area contributed by atoms with Crippen molar-refractivity contribution < 1.29 is 26.7 Å². The minimum atomic E-state index is -4.61. The molecule has 1 N–H and O–H groups in total. The quantitative estimate of drug-likeness (QED) is 0.433. The molecule has 0 amide bonds. The lowest BCUT2D eigenvalue weighted by Crippen LogP contribution is -2.55. The van der Waals surface area contributed by atoms with E-state index in [0.717, 1.165) is 37.7 Å². The molecule has 0 bridgehead atoms. The van der Waals surface area contributed by atoms with Gasteiger partial charge in [-0.1, -0.05) is 50.6 Å². The molecule has 0 aliphatic heterocycles. The van der Waals surface area contributed by atoms with Gasteiger partial charge in [-0.2, -0.15) is 13.2 Å². The fourth-order valence-electron chi connectivity index (χ4n) is 9.05. The molecule has 3 fully saturated rings. The van der Waals surface area contributed by atoms with E-state index in [4.69, 9.17) is 0 Å². The third-order valence-corrected chi connectivity index (χ3v) is 13.0. The maximum absolute atomic E-state index is 13.6. The summed E-state index contributed by atoms with van der Waals surface area (Å²) >= 11 is 0. The number of hydrogen-bond donors (Lipinski definition) is 1. The highest BCUT2D eigenvalue weighted by Gasteiger charge is 2.63. The lowest BCUT2D eigenvalue weighted by Gasteiger charge is -2.59. The number of sulfone groups is 1. The van der Waals surface area contributed by atoms with Crippen LogP contribution < -0.4 is 0 Å². The van der Waals surface area contributed by atoms with E-state index in [-0.39, 0.29) is 35.3 Å². The summed E-state index contributed by atoms with van der Waals surface area (Å²) in [4.78, 5) is 0.384. The van der Waals surface area contributed by atoms with Crippen molar-refractivity contribution in [3.05, 3.63) is 42.0 Å². The van der Waals surface area contributed by atoms with Gasteiger partial charge in [0.2, 0.25) is 0 Å². The molecule has 200 valence electrons. The highest BCUT2D eigenvalue weighted by molar-refractivity contribution is 7.91. The molecule has 7 heteroatoms. The Balaban J connectivity index is 1.36. The Hall–Kier alpha value is -1.34. The summed E-state index contributed by atoms with van der Waals surface area (Å²) in [6.07, 6.45) is 2.06. The van der Waals surface area contributed by atoms with Crippen molar-refractivity contribution in [2.24, 2.45) is 40.4 Å². The third-order valence-electron chi connectivity index (χ3n) is 11.0. The lowest BCUT2D eigenvalue weighted by molar-refractivity contribution is -0.271. The van der Waals surface area contributed by atoms with Crippen LogP contribution >= 0.6 is 0 Å². The van der Waals surface area contributed by atoms with Crippen molar-refractivity contribution in [2.45, 2.75) is 88.8 Å². The highest BCUT2D eigenvalue weighted by atomic mass is 32.2. The minimum Gasteiger partial charge on any atom is -0.380 e. The number of hydrogen-bond acceptors (Lipinski definition) is 3. The molecule has 0 heterocycles. The van der Waals surface area contributed by atoms with Gasteiger partial charge in [-0.3, -0.25) is 0 Å². The molecule has 4 aliphatic carbocycles. The summed E-state index contributed by atoms with van der Waals surface area (Å²) in [5, 5.41) is 10.4. The monoisotopic (exact) mass is 524 g/mol. The molecule has 3 saturated carbocycles. The zero-order chi connectivity index (χ0) is 26.1. The topological polar surface area (TPSA) is 54.4 Å². The molecule has 0 saturated heterocycles. The van der Waals surface area contributed by atoms with Gasteiger partial charge in [-0.05, 0) is 97.5 Å². The molecule has 3 nitrogen and oxygen atoms in total. The largest absolute Gasteiger partial charge is 0.417 e. The fourth-order valence-corrected chi connectivity index (χ4v) is 10.7. The van der Waals surface area contributed by atoms with E-state index in [2.05, 4.69) is 20.8 Å². The molecule has 1 aromatic carbocycles. The van der Waals surface area contributed by atoms with Crippen LogP contribution in [0.15, 0.2) is 46.9 Å². The molecule has 0 radical (unpaired) electrons. The number of halogens is 3. The van der Waals surface area contributed by atoms with Crippen molar-refractivity contribution >= 4 is 9.84 Å². The van der Waals surface area contributed by atoms with Gasteiger partial charge in [-0.15, -0.1) is 0 Å². The Kier molecular flexibility index (Phi) is 6.27. The van der Waals surface area contributed by atoms with Gasteiger partial charge < -0.3 is 5.11 Å². The van der Waals surface area contributed by atoms with Gasteiger partial charge >= 0.3 is 6.18 Å². The summed E-state index contributed by atoms with van der Waals surface area (Å²) in [6.45, 7) is 6.57. The third kappa shape index (κ3) is 3.98. The van der Waals surface area contributed by atoms with E-state index in [1.54, 1.807) is 24.3 Å². The summed E-state index contributed by atoms with van der Waals surface area (Å²) in [5.74, 6) is 1.72. The maximum atomic E-state index is 13.6. The average Bonchev–Trinajstić information content (AvgIpc) is 3.16. The summed E-state index contributed by atoms with van der Waals surface area (Å²) in [6, 6.07) is 8.69. The molecule has 36 heavy (non-hydrogen) atoms. The summed E-state index contributed by atoms with van der Waals surface area (Å²) in [5.41, 5.74) is -2.04. The first-order chi connectivity index (χ1) is 16.7. The van der Waals surface area contributed by atoms with Crippen LogP contribution in [0.3, 0.4) is 0 Å². The first-order valence-corrected chi connectivity index (χ1v) is 15.1. The molecule has 4 aliphatic rings. The van der Waals surface area contributed by atoms with Crippen LogP contribution in [0.5, 0.6) is 0 Å². The van der Waals surface area contributed by atoms with Crippen LogP contribution in [0.25, 0.3) is 0 Å². The second-order valence-electron chi connectivity index (χ2n) is 12.8. The Morgan fingerprint density at radius 2 is 1.72 bits per heavy atom. The molecule has 1 aromatic rings. The smallest absolute Gasteiger partial charge is 0.380 e. The van der Waals surface area contributed by atoms with Crippen LogP contribution in [0.1, 0.15) is 72.1 Å². The first-order valence-electron chi connectivity index (χ1n) is 13.5. The number of rotatable bonds is 4. The van der Waals surface area contributed by atoms with Crippen molar-refractivity contribution in [1.82, 2.24) is 0 Å². The Morgan fingerprint density at radius 1 is 1.03 bits per heavy atom. The van der Waals surface area contributed by atoms with Crippen LogP contribution in [0.4, 0.5) is 13.2 Å². The number of fused-ring (bicyclic) bond motifs is 5. The number of benzene rings is 1. The van der Waals surface area contributed by atoms with Gasteiger partial charge in [0.05, 0.1) is 10.6 Å².